The average molecular weight is 409 g/mol. The zero-order valence-corrected chi connectivity index (χ0v) is 17.8. The monoisotopic (exact) mass is 408 g/mol. The number of nitrogens with zero attached hydrogens (tertiary/aromatic N) is 3. The maximum absolute atomic E-state index is 12.3. The number of rotatable bonds is 7. The van der Waals surface area contributed by atoms with Crippen molar-refractivity contribution < 1.29 is 14.3 Å². The van der Waals surface area contributed by atoms with Crippen LogP contribution < -0.4 is 14.8 Å². The Hall–Kier alpha value is -2.90. The summed E-state index contributed by atoms with van der Waals surface area (Å²) in [5.74, 6) is 1.38. The van der Waals surface area contributed by atoms with Gasteiger partial charge in [0.25, 0.3) is 0 Å². The van der Waals surface area contributed by atoms with Crippen molar-refractivity contribution >= 4 is 16.7 Å². The van der Waals surface area contributed by atoms with Crippen molar-refractivity contribution in [2.75, 3.05) is 46.4 Å². The van der Waals surface area contributed by atoms with E-state index in [2.05, 4.69) is 19.8 Å². The van der Waals surface area contributed by atoms with Gasteiger partial charge in [0.2, 0.25) is 5.88 Å². The molecule has 0 unspecified atom stereocenters. The van der Waals surface area contributed by atoms with Gasteiger partial charge in [-0.3, -0.25) is 9.69 Å². The number of ketones is 1. The Morgan fingerprint density at radius 1 is 1.20 bits per heavy atom. The molecule has 0 amide bonds. The van der Waals surface area contributed by atoms with E-state index in [1.807, 2.05) is 37.3 Å². The smallest absolute Gasteiger partial charge is 0.215 e. The number of aromatic nitrogens is 2. The summed E-state index contributed by atoms with van der Waals surface area (Å²) in [7, 11) is 1.59. The third-order valence-electron chi connectivity index (χ3n) is 5.61. The van der Waals surface area contributed by atoms with Crippen LogP contribution in [0.25, 0.3) is 16.6 Å². The Morgan fingerprint density at radius 2 is 1.93 bits per heavy atom. The van der Waals surface area contributed by atoms with Gasteiger partial charge in [0.15, 0.2) is 5.78 Å². The molecule has 3 heterocycles. The second kappa shape index (κ2) is 8.85. The van der Waals surface area contributed by atoms with Crippen LogP contribution in [0.2, 0.25) is 0 Å². The first-order chi connectivity index (χ1) is 14.6. The van der Waals surface area contributed by atoms with Gasteiger partial charge in [-0.05, 0) is 38.1 Å². The third kappa shape index (κ3) is 4.04. The second-order valence-corrected chi connectivity index (χ2v) is 7.53. The van der Waals surface area contributed by atoms with Crippen molar-refractivity contribution in [2.45, 2.75) is 13.8 Å². The molecular formula is C23H28N4O3. The van der Waals surface area contributed by atoms with Crippen LogP contribution in [0.4, 0.5) is 0 Å². The molecule has 1 fully saturated rings. The highest BCUT2D eigenvalue weighted by atomic mass is 16.5. The van der Waals surface area contributed by atoms with Crippen molar-refractivity contribution in [3.63, 3.8) is 0 Å². The molecular weight excluding hydrogens is 380 g/mol. The molecule has 0 bridgehead atoms. The molecule has 0 atom stereocenters. The maximum atomic E-state index is 12.3. The van der Waals surface area contributed by atoms with Gasteiger partial charge in [-0.2, -0.15) is 0 Å². The van der Waals surface area contributed by atoms with Crippen LogP contribution in [-0.4, -0.2) is 66.7 Å². The number of hydrogen-bond acceptors (Lipinski definition) is 6. The van der Waals surface area contributed by atoms with E-state index in [4.69, 9.17) is 9.47 Å². The van der Waals surface area contributed by atoms with Crippen LogP contribution in [0.5, 0.6) is 11.6 Å². The van der Waals surface area contributed by atoms with Gasteiger partial charge in [-0.25, -0.2) is 4.98 Å². The van der Waals surface area contributed by atoms with Gasteiger partial charge in [0.05, 0.1) is 12.6 Å². The molecule has 1 saturated heterocycles. The van der Waals surface area contributed by atoms with Crippen LogP contribution in [0.15, 0.2) is 36.5 Å². The summed E-state index contributed by atoms with van der Waals surface area (Å²) in [5, 5.41) is 4.19. The predicted octanol–water partition coefficient (Wildman–Crippen LogP) is 2.83. The van der Waals surface area contributed by atoms with Crippen LogP contribution in [0, 0.1) is 6.92 Å². The van der Waals surface area contributed by atoms with Crippen molar-refractivity contribution in [1.82, 2.24) is 19.8 Å². The maximum Gasteiger partial charge on any atom is 0.215 e. The van der Waals surface area contributed by atoms with Crippen molar-refractivity contribution in [1.29, 1.82) is 0 Å². The summed E-state index contributed by atoms with van der Waals surface area (Å²) in [6, 6.07) is 9.86. The van der Waals surface area contributed by atoms with Gasteiger partial charge in [0, 0.05) is 67.3 Å². The predicted molar refractivity (Wildman–Crippen MR) is 117 cm³/mol. The third-order valence-corrected chi connectivity index (χ3v) is 5.61. The zero-order chi connectivity index (χ0) is 21.1. The number of pyridine rings is 1. The minimum Gasteiger partial charge on any atom is -0.492 e. The van der Waals surface area contributed by atoms with Gasteiger partial charge in [-0.15, -0.1) is 0 Å². The number of ether oxygens (including phenoxy) is 2. The Labute approximate surface area is 176 Å². The lowest BCUT2D eigenvalue weighted by Crippen LogP contribution is -2.44. The minimum atomic E-state index is 0.0242. The first kappa shape index (κ1) is 20.4. The molecule has 0 saturated carbocycles. The normalized spacial score (nSPS) is 14.8. The molecule has 158 valence electrons. The fraction of sp³-hybridized carbons (Fsp3) is 0.391. The Morgan fingerprint density at radius 3 is 2.60 bits per heavy atom. The lowest BCUT2D eigenvalue weighted by Gasteiger charge is -2.26. The molecule has 0 radical (unpaired) electrons. The summed E-state index contributed by atoms with van der Waals surface area (Å²) in [6.45, 7) is 9.37. The Balaban J connectivity index is 1.57. The van der Waals surface area contributed by atoms with E-state index in [1.54, 1.807) is 20.2 Å². The number of nitrogens with one attached hydrogen (secondary N) is 1. The van der Waals surface area contributed by atoms with Crippen LogP contribution >= 0.6 is 0 Å². The van der Waals surface area contributed by atoms with Crippen molar-refractivity contribution in [3.05, 3.63) is 47.8 Å². The molecule has 1 N–H and O–H groups in total. The number of benzene rings is 1. The summed E-state index contributed by atoms with van der Waals surface area (Å²) in [4.78, 5) is 19.0. The number of fused-ring (bicyclic) bond motifs is 1. The van der Waals surface area contributed by atoms with Crippen molar-refractivity contribution in [3.8, 4) is 17.3 Å². The largest absolute Gasteiger partial charge is 0.492 e. The average Bonchev–Trinajstić information content (AvgIpc) is 3.06. The molecule has 30 heavy (non-hydrogen) atoms. The second-order valence-electron chi connectivity index (χ2n) is 7.53. The molecule has 7 nitrogen and oxygen atoms in total. The molecule has 7 heteroatoms. The Kier molecular flexibility index (Phi) is 6.01. The molecule has 2 aromatic heterocycles. The fourth-order valence-electron chi connectivity index (χ4n) is 4.10. The van der Waals surface area contributed by atoms with Gasteiger partial charge in [0.1, 0.15) is 12.4 Å². The quantitative estimate of drug-likeness (QED) is 0.607. The van der Waals surface area contributed by atoms with Crippen molar-refractivity contribution in [2.24, 2.45) is 0 Å². The molecule has 1 aromatic carbocycles. The van der Waals surface area contributed by atoms with E-state index >= 15 is 0 Å². The van der Waals surface area contributed by atoms with E-state index in [-0.39, 0.29) is 5.78 Å². The minimum absolute atomic E-state index is 0.0242. The van der Waals surface area contributed by atoms with Crippen LogP contribution in [0.3, 0.4) is 0 Å². The van der Waals surface area contributed by atoms with E-state index < -0.39 is 0 Å². The fourth-order valence-corrected chi connectivity index (χ4v) is 4.10. The summed E-state index contributed by atoms with van der Waals surface area (Å²) >= 11 is 0. The summed E-state index contributed by atoms with van der Waals surface area (Å²) in [6.07, 6.45) is 1.71. The number of piperazine rings is 1. The lowest BCUT2D eigenvalue weighted by molar-refractivity contribution is 0.101. The molecule has 1 aliphatic heterocycles. The number of methoxy groups -OCH3 is 1. The first-order valence-corrected chi connectivity index (χ1v) is 10.3. The van der Waals surface area contributed by atoms with E-state index in [9.17, 15) is 4.79 Å². The number of hydrogen-bond donors (Lipinski definition) is 1. The Bertz CT molecular complexity index is 1040. The van der Waals surface area contributed by atoms with Gasteiger partial charge >= 0.3 is 0 Å². The van der Waals surface area contributed by atoms with E-state index in [1.165, 1.54) is 0 Å². The number of carbonyl (C=O) groups excluding carboxylic acids is 1. The highest BCUT2D eigenvalue weighted by molar-refractivity contribution is 6.08. The highest BCUT2D eigenvalue weighted by Crippen LogP contribution is 2.31. The molecule has 3 aromatic rings. The summed E-state index contributed by atoms with van der Waals surface area (Å²) < 4.78 is 13.3. The number of carbonyl (C=O) groups is 1. The van der Waals surface area contributed by atoms with Gasteiger partial charge in [-0.1, -0.05) is 0 Å². The summed E-state index contributed by atoms with van der Waals surface area (Å²) in [5.41, 5.74) is 3.45. The van der Waals surface area contributed by atoms with E-state index in [0.29, 0.717) is 18.1 Å². The highest BCUT2D eigenvalue weighted by Gasteiger charge is 2.19. The molecule has 0 spiro atoms. The zero-order valence-electron chi connectivity index (χ0n) is 17.8. The van der Waals surface area contributed by atoms with Crippen LogP contribution in [0.1, 0.15) is 23.0 Å². The molecule has 1 aliphatic rings. The lowest BCUT2D eigenvalue weighted by atomic mass is 10.1. The van der Waals surface area contributed by atoms with Crippen LogP contribution in [-0.2, 0) is 0 Å². The first-order valence-electron chi connectivity index (χ1n) is 10.3. The number of Topliss-reactive ketones (excluding diaryl/α,β-unsaturated/α-hetero) is 1. The molecule has 4 rings (SSSR count). The van der Waals surface area contributed by atoms with E-state index in [0.717, 1.165) is 60.8 Å². The topological polar surface area (TPSA) is 68.6 Å². The molecule has 0 aliphatic carbocycles. The van der Waals surface area contributed by atoms with Gasteiger partial charge < -0.3 is 19.4 Å². The standard InChI is InChI=1S/C23H28N4O3/c1-16-23(17(2)28)20-15-25-22(29-3)14-21(20)27(16)18-4-6-19(7-5-18)30-13-12-26-10-8-24-9-11-26/h4-7,14-15,24H,8-13H2,1-3H3. The SMILES string of the molecule is COc1cc2c(cn1)c(C(C)=O)c(C)n2-c1ccc(OCCN2CCNCC2)cc1.